The molecule has 5 rings (SSSR count). The molecule has 2 aliphatic rings. The topological polar surface area (TPSA) is 75.6 Å². The first kappa shape index (κ1) is 19.7. The Hall–Kier alpha value is -3.23. The summed E-state index contributed by atoms with van der Waals surface area (Å²) in [5, 5.41) is 6.61. The maximum atomic E-state index is 13.1. The fourth-order valence-corrected chi connectivity index (χ4v) is 3.30. The molecule has 0 saturated heterocycles. The molecule has 0 bridgehead atoms. The Kier molecular flexibility index (Phi) is 4.56. The highest BCUT2D eigenvalue weighted by molar-refractivity contribution is 5.64. The van der Waals surface area contributed by atoms with Crippen LogP contribution in [-0.2, 0) is 6.18 Å². The molecule has 31 heavy (non-hydrogen) atoms. The molecule has 2 N–H and O–H groups in total. The second kappa shape index (κ2) is 7.18. The molecule has 0 aromatic carbocycles. The summed E-state index contributed by atoms with van der Waals surface area (Å²) < 4.78 is 39.4. The van der Waals surface area contributed by atoms with Crippen molar-refractivity contribution in [3.8, 4) is 11.5 Å². The molecule has 0 radical (unpaired) electrons. The largest absolute Gasteiger partial charge is 0.433 e. The SMILES string of the molecule is CC1(Nc2cc(Nc3ccnc(C4CC4)c3)nc(-c3cccc(C(F)(F)F)n3)n2)CC1. The zero-order valence-corrected chi connectivity index (χ0v) is 16.9. The van der Waals surface area contributed by atoms with Crippen molar-refractivity contribution >= 4 is 17.3 Å². The van der Waals surface area contributed by atoms with E-state index in [0.29, 0.717) is 17.6 Å². The number of rotatable bonds is 6. The van der Waals surface area contributed by atoms with Gasteiger partial charge in [0.05, 0.1) is 0 Å². The number of aromatic nitrogens is 4. The zero-order valence-electron chi connectivity index (χ0n) is 16.9. The van der Waals surface area contributed by atoms with E-state index in [-0.39, 0.29) is 17.1 Å². The fourth-order valence-electron chi connectivity index (χ4n) is 3.30. The van der Waals surface area contributed by atoms with Crippen LogP contribution in [0.1, 0.15) is 49.9 Å². The quantitative estimate of drug-likeness (QED) is 0.539. The highest BCUT2D eigenvalue weighted by Crippen LogP contribution is 2.40. The van der Waals surface area contributed by atoms with Gasteiger partial charge in [-0.1, -0.05) is 6.07 Å². The van der Waals surface area contributed by atoms with Crippen LogP contribution in [0.5, 0.6) is 0 Å². The van der Waals surface area contributed by atoms with Crippen LogP contribution in [0.15, 0.2) is 42.6 Å². The Balaban J connectivity index is 1.50. The van der Waals surface area contributed by atoms with E-state index in [2.05, 4.69) is 37.5 Å². The summed E-state index contributed by atoms with van der Waals surface area (Å²) >= 11 is 0. The normalized spacial score (nSPS) is 17.3. The smallest absolute Gasteiger partial charge is 0.365 e. The van der Waals surface area contributed by atoms with E-state index in [1.807, 2.05) is 12.1 Å². The van der Waals surface area contributed by atoms with Crippen molar-refractivity contribution in [2.45, 2.75) is 50.2 Å². The molecule has 3 heterocycles. The van der Waals surface area contributed by atoms with E-state index in [1.165, 1.54) is 12.1 Å². The summed E-state index contributed by atoms with van der Waals surface area (Å²) in [5.74, 6) is 1.65. The first-order chi connectivity index (χ1) is 14.8. The maximum absolute atomic E-state index is 13.1. The molecule has 0 amide bonds. The van der Waals surface area contributed by atoms with Gasteiger partial charge in [0.15, 0.2) is 5.82 Å². The molecule has 3 aromatic heterocycles. The van der Waals surface area contributed by atoms with E-state index in [1.54, 1.807) is 12.3 Å². The summed E-state index contributed by atoms with van der Waals surface area (Å²) in [6, 6.07) is 9.32. The Morgan fingerprint density at radius 1 is 1.00 bits per heavy atom. The van der Waals surface area contributed by atoms with Crippen molar-refractivity contribution in [3.63, 3.8) is 0 Å². The lowest BCUT2D eigenvalue weighted by Crippen LogP contribution is -2.17. The van der Waals surface area contributed by atoms with Gasteiger partial charge in [-0.3, -0.25) is 4.98 Å². The van der Waals surface area contributed by atoms with Gasteiger partial charge in [-0.2, -0.15) is 13.2 Å². The minimum absolute atomic E-state index is 0.0556. The van der Waals surface area contributed by atoms with Crippen molar-refractivity contribution in [2.75, 3.05) is 10.6 Å². The van der Waals surface area contributed by atoms with E-state index in [9.17, 15) is 13.2 Å². The Morgan fingerprint density at radius 2 is 1.77 bits per heavy atom. The maximum Gasteiger partial charge on any atom is 0.433 e. The van der Waals surface area contributed by atoms with E-state index >= 15 is 0 Å². The van der Waals surface area contributed by atoms with Gasteiger partial charge in [0.25, 0.3) is 0 Å². The van der Waals surface area contributed by atoms with Crippen molar-refractivity contribution < 1.29 is 13.2 Å². The number of nitrogens with zero attached hydrogens (tertiary/aromatic N) is 4. The van der Waals surface area contributed by atoms with Crippen molar-refractivity contribution in [3.05, 3.63) is 54.0 Å². The molecule has 6 nitrogen and oxygen atoms in total. The van der Waals surface area contributed by atoms with Gasteiger partial charge in [0.1, 0.15) is 23.0 Å². The van der Waals surface area contributed by atoms with Crippen LogP contribution in [0.4, 0.5) is 30.5 Å². The predicted octanol–water partition coefficient (Wildman–Crippen LogP) is 5.54. The first-order valence-electron chi connectivity index (χ1n) is 10.2. The molecule has 2 aliphatic carbocycles. The molecule has 3 aromatic rings. The first-order valence-corrected chi connectivity index (χ1v) is 10.2. The van der Waals surface area contributed by atoms with Crippen LogP contribution < -0.4 is 10.6 Å². The molecule has 160 valence electrons. The van der Waals surface area contributed by atoms with Gasteiger partial charge in [0, 0.05) is 35.1 Å². The zero-order chi connectivity index (χ0) is 21.6. The van der Waals surface area contributed by atoms with Gasteiger partial charge in [-0.25, -0.2) is 15.0 Å². The van der Waals surface area contributed by atoms with Crippen LogP contribution in [0.25, 0.3) is 11.5 Å². The van der Waals surface area contributed by atoms with Crippen LogP contribution in [0, 0.1) is 0 Å². The van der Waals surface area contributed by atoms with Gasteiger partial charge in [-0.15, -0.1) is 0 Å². The molecular weight excluding hydrogens is 405 g/mol. The van der Waals surface area contributed by atoms with Crippen LogP contribution in [0.3, 0.4) is 0 Å². The Bertz CT molecular complexity index is 1120. The van der Waals surface area contributed by atoms with Crippen LogP contribution in [0.2, 0.25) is 0 Å². The number of alkyl halides is 3. The van der Waals surface area contributed by atoms with Gasteiger partial charge >= 0.3 is 6.18 Å². The second-order valence-electron chi connectivity index (χ2n) is 8.42. The number of hydrogen-bond acceptors (Lipinski definition) is 6. The lowest BCUT2D eigenvalue weighted by atomic mass is 10.2. The average molecular weight is 426 g/mol. The molecule has 2 fully saturated rings. The lowest BCUT2D eigenvalue weighted by Gasteiger charge is -2.15. The highest BCUT2D eigenvalue weighted by Gasteiger charge is 2.38. The van der Waals surface area contributed by atoms with E-state index in [4.69, 9.17) is 0 Å². The molecule has 2 saturated carbocycles. The Labute approximate surface area is 177 Å². The molecule has 0 unspecified atom stereocenters. The number of hydrogen-bond donors (Lipinski definition) is 2. The second-order valence-corrected chi connectivity index (χ2v) is 8.42. The molecule has 0 spiro atoms. The standard InChI is InChI=1S/C22H21F3N6/c1-21(8-9-21)31-19-12-18(27-14-7-10-26-16(11-14)13-5-6-13)29-20(30-19)15-3-2-4-17(28-15)22(23,24)25/h2-4,7,10-13H,5-6,8-9H2,1H3,(H2,26,27,29,30,31). The number of anilines is 3. The molecule has 9 heteroatoms. The third kappa shape index (κ3) is 4.60. The summed E-state index contributed by atoms with van der Waals surface area (Å²) in [5.41, 5.74) is 0.888. The summed E-state index contributed by atoms with van der Waals surface area (Å²) in [4.78, 5) is 17.1. The minimum atomic E-state index is -4.54. The number of pyridine rings is 2. The molecule has 0 atom stereocenters. The molecule has 0 aliphatic heterocycles. The van der Waals surface area contributed by atoms with Crippen molar-refractivity contribution in [2.24, 2.45) is 0 Å². The third-order valence-corrected chi connectivity index (χ3v) is 5.47. The summed E-state index contributed by atoms with van der Waals surface area (Å²) in [6.07, 6.45) is 1.50. The summed E-state index contributed by atoms with van der Waals surface area (Å²) in [6.45, 7) is 2.08. The van der Waals surface area contributed by atoms with Gasteiger partial charge in [-0.05, 0) is 56.9 Å². The predicted molar refractivity (Wildman–Crippen MR) is 111 cm³/mol. The van der Waals surface area contributed by atoms with Crippen LogP contribution >= 0.6 is 0 Å². The van der Waals surface area contributed by atoms with E-state index in [0.717, 1.165) is 43.1 Å². The summed E-state index contributed by atoms with van der Waals surface area (Å²) in [7, 11) is 0. The fraction of sp³-hybridized carbons (Fsp3) is 0.364. The number of halogens is 3. The van der Waals surface area contributed by atoms with Crippen molar-refractivity contribution in [1.82, 2.24) is 19.9 Å². The van der Waals surface area contributed by atoms with Crippen LogP contribution in [-0.4, -0.2) is 25.5 Å². The highest BCUT2D eigenvalue weighted by atomic mass is 19.4. The Morgan fingerprint density at radius 3 is 2.48 bits per heavy atom. The number of nitrogens with one attached hydrogen (secondary N) is 2. The van der Waals surface area contributed by atoms with Gasteiger partial charge < -0.3 is 10.6 Å². The minimum Gasteiger partial charge on any atom is -0.365 e. The van der Waals surface area contributed by atoms with Gasteiger partial charge in [0.2, 0.25) is 0 Å². The monoisotopic (exact) mass is 426 g/mol. The van der Waals surface area contributed by atoms with Crippen molar-refractivity contribution in [1.29, 1.82) is 0 Å². The third-order valence-electron chi connectivity index (χ3n) is 5.47. The molecular formula is C22H21F3N6. The lowest BCUT2D eigenvalue weighted by molar-refractivity contribution is -0.141. The van der Waals surface area contributed by atoms with E-state index < -0.39 is 11.9 Å². The average Bonchev–Trinajstić information content (AvgIpc) is 3.65.